The largest absolute Gasteiger partial charge is 0.297 e. The zero-order valence-corrected chi connectivity index (χ0v) is 11.6. The van der Waals surface area contributed by atoms with Crippen LogP contribution < -0.4 is 0 Å². The molecule has 108 valence electrons. The standard InChI is InChI=1S/C15H16N4O2/c20-19(21)15-6-4-5-12-13(15)7-8-16-14(12)11-17-18-9-2-1-3-10-18/h4-8,11H,1-3,9-10H2/b17-11+. The van der Waals surface area contributed by atoms with E-state index in [1.54, 1.807) is 24.5 Å². The van der Waals surface area contributed by atoms with Gasteiger partial charge in [0.15, 0.2) is 0 Å². The van der Waals surface area contributed by atoms with Crippen molar-refractivity contribution in [3.05, 3.63) is 46.3 Å². The number of nitro benzene ring substituents is 1. The minimum atomic E-state index is -0.367. The molecule has 1 aromatic carbocycles. The van der Waals surface area contributed by atoms with Gasteiger partial charge in [-0.3, -0.25) is 20.1 Å². The number of benzene rings is 1. The smallest absolute Gasteiger partial charge is 0.277 e. The van der Waals surface area contributed by atoms with Crippen LogP contribution in [0.3, 0.4) is 0 Å². The molecule has 0 amide bonds. The molecule has 1 aliphatic rings. The molecule has 0 aliphatic carbocycles. The molecule has 0 atom stereocenters. The van der Waals surface area contributed by atoms with Crippen molar-refractivity contribution in [3.63, 3.8) is 0 Å². The van der Waals surface area contributed by atoms with Crippen LogP contribution in [0.25, 0.3) is 10.8 Å². The zero-order valence-electron chi connectivity index (χ0n) is 11.6. The number of non-ortho nitro benzene ring substituents is 1. The Hall–Kier alpha value is -2.50. The zero-order chi connectivity index (χ0) is 14.7. The van der Waals surface area contributed by atoms with Gasteiger partial charge >= 0.3 is 0 Å². The fraction of sp³-hybridized carbons (Fsp3) is 0.333. The Morgan fingerprint density at radius 3 is 2.76 bits per heavy atom. The van der Waals surface area contributed by atoms with Crippen LogP contribution in [-0.2, 0) is 0 Å². The first-order valence-corrected chi connectivity index (χ1v) is 7.07. The molecule has 3 rings (SSSR count). The van der Waals surface area contributed by atoms with Gasteiger partial charge in [-0.2, -0.15) is 5.10 Å². The van der Waals surface area contributed by atoms with Crippen molar-refractivity contribution in [3.8, 4) is 0 Å². The first kappa shape index (κ1) is 13.5. The van der Waals surface area contributed by atoms with Crippen molar-refractivity contribution < 1.29 is 4.92 Å². The van der Waals surface area contributed by atoms with E-state index in [0.717, 1.165) is 31.3 Å². The summed E-state index contributed by atoms with van der Waals surface area (Å²) >= 11 is 0. The number of hydrazone groups is 1. The lowest BCUT2D eigenvalue weighted by Crippen LogP contribution is -2.24. The number of fused-ring (bicyclic) bond motifs is 1. The average molecular weight is 284 g/mol. The minimum absolute atomic E-state index is 0.0996. The molecule has 0 radical (unpaired) electrons. The Labute approximate surface area is 122 Å². The predicted octanol–water partition coefficient (Wildman–Crippen LogP) is 2.96. The highest BCUT2D eigenvalue weighted by Gasteiger charge is 2.13. The summed E-state index contributed by atoms with van der Waals surface area (Å²) in [5.74, 6) is 0. The van der Waals surface area contributed by atoms with Gasteiger partial charge in [0, 0.05) is 30.7 Å². The van der Waals surface area contributed by atoms with Gasteiger partial charge in [0.2, 0.25) is 0 Å². The first-order valence-electron chi connectivity index (χ1n) is 7.07. The van der Waals surface area contributed by atoms with Crippen LogP contribution in [0.5, 0.6) is 0 Å². The van der Waals surface area contributed by atoms with Crippen LogP contribution in [0.4, 0.5) is 5.69 Å². The second-order valence-corrected chi connectivity index (χ2v) is 5.08. The summed E-state index contributed by atoms with van der Waals surface area (Å²) in [7, 11) is 0. The van der Waals surface area contributed by atoms with E-state index < -0.39 is 0 Å². The maximum atomic E-state index is 11.1. The predicted molar refractivity (Wildman–Crippen MR) is 81.4 cm³/mol. The Bertz CT molecular complexity index is 693. The molecule has 2 heterocycles. The van der Waals surface area contributed by atoms with Crippen LogP contribution in [-0.4, -0.2) is 34.2 Å². The van der Waals surface area contributed by atoms with Crippen LogP contribution in [0, 0.1) is 10.1 Å². The fourth-order valence-corrected chi connectivity index (χ4v) is 2.60. The number of aromatic nitrogens is 1. The summed E-state index contributed by atoms with van der Waals surface area (Å²) in [5.41, 5.74) is 0.768. The van der Waals surface area contributed by atoms with E-state index in [4.69, 9.17) is 0 Å². The van der Waals surface area contributed by atoms with Crippen LogP contribution >= 0.6 is 0 Å². The summed E-state index contributed by atoms with van der Waals surface area (Å²) in [6.07, 6.45) is 6.87. The third kappa shape index (κ3) is 2.84. The molecule has 2 aromatic rings. The lowest BCUT2D eigenvalue weighted by molar-refractivity contribution is -0.383. The van der Waals surface area contributed by atoms with Gasteiger partial charge in [-0.15, -0.1) is 0 Å². The SMILES string of the molecule is O=[N+]([O-])c1cccc2c(/C=N/N3CCCCC3)nccc12. The number of nitro groups is 1. The monoisotopic (exact) mass is 284 g/mol. The van der Waals surface area contributed by atoms with Gasteiger partial charge in [-0.25, -0.2) is 0 Å². The highest BCUT2D eigenvalue weighted by molar-refractivity contribution is 6.01. The molecule has 21 heavy (non-hydrogen) atoms. The average Bonchev–Trinajstić information content (AvgIpc) is 2.53. The highest BCUT2D eigenvalue weighted by atomic mass is 16.6. The number of hydrogen-bond donors (Lipinski definition) is 0. The Balaban J connectivity index is 1.97. The number of rotatable bonds is 3. The maximum Gasteiger partial charge on any atom is 0.277 e. The third-order valence-electron chi connectivity index (χ3n) is 3.69. The van der Waals surface area contributed by atoms with E-state index in [-0.39, 0.29) is 10.6 Å². The van der Waals surface area contributed by atoms with Gasteiger partial charge in [0.05, 0.1) is 22.2 Å². The van der Waals surface area contributed by atoms with Crippen LogP contribution in [0.1, 0.15) is 25.0 Å². The van der Waals surface area contributed by atoms with Gasteiger partial charge < -0.3 is 0 Å². The summed E-state index contributed by atoms with van der Waals surface area (Å²) in [5, 5.41) is 18.9. The molecule has 6 nitrogen and oxygen atoms in total. The Morgan fingerprint density at radius 2 is 2.00 bits per heavy atom. The number of nitrogens with zero attached hydrogens (tertiary/aromatic N) is 4. The summed E-state index contributed by atoms with van der Waals surface area (Å²) in [4.78, 5) is 15.0. The van der Waals surface area contributed by atoms with Crippen molar-refractivity contribution in [1.82, 2.24) is 9.99 Å². The number of pyridine rings is 1. The summed E-state index contributed by atoms with van der Waals surface area (Å²) in [6.45, 7) is 1.92. The molecule has 1 aromatic heterocycles. The molecule has 0 spiro atoms. The van der Waals surface area contributed by atoms with E-state index in [1.165, 1.54) is 12.5 Å². The molecule has 1 fully saturated rings. The molecule has 1 aliphatic heterocycles. The first-order chi connectivity index (χ1) is 10.3. The van der Waals surface area contributed by atoms with E-state index in [9.17, 15) is 10.1 Å². The van der Waals surface area contributed by atoms with Crippen LogP contribution in [0.2, 0.25) is 0 Å². The molecule has 0 N–H and O–H groups in total. The minimum Gasteiger partial charge on any atom is -0.297 e. The van der Waals surface area contributed by atoms with Crippen molar-refractivity contribution in [1.29, 1.82) is 0 Å². The number of piperidine rings is 1. The van der Waals surface area contributed by atoms with Crippen molar-refractivity contribution in [2.45, 2.75) is 19.3 Å². The van der Waals surface area contributed by atoms with Gasteiger partial charge in [0.25, 0.3) is 5.69 Å². The molecule has 0 bridgehead atoms. The molecule has 0 unspecified atom stereocenters. The Kier molecular flexibility index (Phi) is 3.77. The van der Waals surface area contributed by atoms with E-state index >= 15 is 0 Å². The van der Waals surface area contributed by atoms with Crippen LogP contribution in [0.15, 0.2) is 35.6 Å². The lowest BCUT2D eigenvalue weighted by Gasteiger charge is -2.23. The quantitative estimate of drug-likeness (QED) is 0.493. The van der Waals surface area contributed by atoms with Gasteiger partial charge in [-0.05, 0) is 25.3 Å². The van der Waals surface area contributed by atoms with E-state index in [0.29, 0.717) is 11.1 Å². The van der Waals surface area contributed by atoms with Crippen molar-refractivity contribution in [2.24, 2.45) is 5.10 Å². The van der Waals surface area contributed by atoms with Crippen molar-refractivity contribution in [2.75, 3.05) is 13.1 Å². The lowest BCUT2D eigenvalue weighted by atomic mass is 10.1. The highest BCUT2D eigenvalue weighted by Crippen LogP contribution is 2.26. The van der Waals surface area contributed by atoms with Crippen molar-refractivity contribution >= 4 is 22.7 Å². The normalized spacial score (nSPS) is 15.7. The summed E-state index contributed by atoms with van der Waals surface area (Å²) < 4.78 is 0. The second kappa shape index (κ2) is 5.87. The number of hydrogen-bond acceptors (Lipinski definition) is 5. The Morgan fingerprint density at radius 1 is 1.19 bits per heavy atom. The molecular weight excluding hydrogens is 268 g/mol. The van der Waals surface area contributed by atoms with E-state index in [1.807, 2.05) is 11.1 Å². The molecule has 0 saturated carbocycles. The maximum absolute atomic E-state index is 11.1. The van der Waals surface area contributed by atoms with Gasteiger partial charge in [-0.1, -0.05) is 12.1 Å². The van der Waals surface area contributed by atoms with E-state index in [2.05, 4.69) is 10.1 Å². The summed E-state index contributed by atoms with van der Waals surface area (Å²) in [6, 6.07) is 6.70. The topological polar surface area (TPSA) is 71.6 Å². The molecular formula is C15H16N4O2. The molecule has 1 saturated heterocycles. The second-order valence-electron chi connectivity index (χ2n) is 5.08. The fourth-order valence-electron chi connectivity index (χ4n) is 2.60. The third-order valence-corrected chi connectivity index (χ3v) is 3.69. The molecule has 6 heteroatoms. The van der Waals surface area contributed by atoms with Gasteiger partial charge in [0.1, 0.15) is 0 Å².